The minimum absolute atomic E-state index is 0.173. The fourth-order valence-electron chi connectivity index (χ4n) is 2.22. The van der Waals surface area contributed by atoms with Crippen LogP contribution in [0, 0.1) is 0 Å². The van der Waals surface area contributed by atoms with E-state index in [0.29, 0.717) is 11.3 Å². The van der Waals surface area contributed by atoms with E-state index in [2.05, 4.69) is 19.5 Å². The second-order valence-electron chi connectivity index (χ2n) is 4.76. The van der Waals surface area contributed by atoms with Crippen LogP contribution < -0.4 is 0 Å². The Bertz CT molecular complexity index is 881. The van der Waals surface area contributed by atoms with Crippen molar-refractivity contribution < 1.29 is 18.0 Å². The van der Waals surface area contributed by atoms with Crippen molar-refractivity contribution in [3.63, 3.8) is 0 Å². The molecular weight excluding hydrogens is 316 g/mol. The summed E-state index contributed by atoms with van der Waals surface area (Å²) < 4.78 is 40.8. The minimum atomic E-state index is -4.91. The van der Waals surface area contributed by atoms with Crippen LogP contribution in [0.3, 0.4) is 0 Å². The standard InChI is InChI=1S/C13H10F3N4OP/c1-19-6-9(11(21)13(14,15)16)8-2-3-10(18-12(8)19)7-4-17-20(22)5-7/h2-6H,22H2,1H3. The van der Waals surface area contributed by atoms with Gasteiger partial charge in [0.2, 0.25) is 0 Å². The average molecular weight is 326 g/mol. The molecule has 0 bridgehead atoms. The van der Waals surface area contributed by atoms with Gasteiger partial charge in [0.1, 0.15) is 5.65 Å². The van der Waals surface area contributed by atoms with Crippen molar-refractivity contribution in [2.45, 2.75) is 6.18 Å². The number of halogens is 3. The van der Waals surface area contributed by atoms with Gasteiger partial charge < -0.3 is 4.57 Å². The highest BCUT2D eigenvalue weighted by Crippen LogP contribution is 2.29. The third kappa shape index (κ3) is 2.39. The van der Waals surface area contributed by atoms with Crippen LogP contribution in [0.15, 0.2) is 30.7 Å². The number of pyridine rings is 1. The van der Waals surface area contributed by atoms with Crippen LogP contribution in [0.2, 0.25) is 0 Å². The van der Waals surface area contributed by atoms with Crippen molar-refractivity contribution in [3.8, 4) is 11.3 Å². The number of hydrogen-bond donors (Lipinski definition) is 0. The molecule has 0 saturated carbocycles. The van der Waals surface area contributed by atoms with E-state index in [1.54, 1.807) is 25.5 Å². The number of aryl methyl sites for hydroxylation is 1. The maximum Gasteiger partial charge on any atom is 0.454 e. The Morgan fingerprint density at radius 2 is 2.00 bits per heavy atom. The maximum absolute atomic E-state index is 12.6. The maximum atomic E-state index is 12.6. The van der Waals surface area contributed by atoms with Gasteiger partial charge in [0.15, 0.2) is 0 Å². The van der Waals surface area contributed by atoms with Crippen molar-refractivity contribution in [1.82, 2.24) is 19.1 Å². The lowest BCUT2D eigenvalue weighted by Gasteiger charge is -2.03. The van der Waals surface area contributed by atoms with Gasteiger partial charge >= 0.3 is 6.18 Å². The Morgan fingerprint density at radius 3 is 2.59 bits per heavy atom. The molecule has 3 aromatic rings. The molecule has 1 atom stereocenters. The SMILES string of the molecule is Cn1cc(C(=O)C(F)(F)F)c2ccc(-c3cnn(P)c3)nc21. The normalized spacial score (nSPS) is 12.0. The summed E-state index contributed by atoms with van der Waals surface area (Å²) in [4.78, 5) is 15.8. The molecule has 0 radical (unpaired) electrons. The summed E-state index contributed by atoms with van der Waals surface area (Å²) in [6.07, 6.45) is -0.459. The first-order valence-electron chi connectivity index (χ1n) is 6.15. The third-order valence-corrected chi connectivity index (χ3v) is 3.50. The topological polar surface area (TPSA) is 52.7 Å². The van der Waals surface area contributed by atoms with Crippen LogP contribution in [-0.2, 0) is 7.05 Å². The molecule has 0 aromatic carbocycles. The molecule has 22 heavy (non-hydrogen) atoms. The number of ketones is 1. The third-order valence-electron chi connectivity index (χ3n) is 3.22. The highest BCUT2D eigenvalue weighted by molar-refractivity contribution is 7.14. The van der Waals surface area contributed by atoms with E-state index in [1.807, 2.05) is 0 Å². The molecule has 0 fully saturated rings. The highest BCUT2D eigenvalue weighted by Gasteiger charge is 2.40. The van der Waals surface area contributed by atoms with Crippen LogP contribution >= 0.6 is 9.39 Å². The van der Waals surface area contributed by atoms with Crippen LogP contribution in [0.4, 0.5) is 13.2 Å². The zero-order valence-electron chi connectivity index (χ0n) is 11.3. The van der Waals surface area contributed by atoms with Crippen molar-refractivity contribution in [3.05, 3.63) is 36.3 Å². The van der Waals surface area contributed by atoms with E-state index in [4.69, 9.17) is 0 Å². The summed E-state index contributed by atoms with van der Waals surface area (Å²) in [5.74, 6) is -1.87. The van der Waals surface area contributed by atoms with Gasteiger partial charge in [-0.1, -0.05) is 0 Å². The van der Waals surface area contributed by atoms with Crippen LogP contribution in [0.5, 0.6) is 0 Å². The fraction of sp³-hybridized carbons (Fsp3) is 0.154. The van der Waals surface area contributed by atoms with Gasteiger partial charge in [-0.3, -0.25) is 9.25 Å². The lowest BCUT2D eigenvalue weighted by atomic mass is 10.1. The number of aromatic nitrogens is 4. The first-order valence-corrected chi connectivity index (χ1v) is 6.67. The number of carbonyl (C=O) groups is 1. The van der Waals surface area contributed by atoms with E-state index < -0.39 is 17.5 Å². The number of rotatable bonds is 2. The van der Waals surface area contributed by atoms with Gasteiger partial charge in [0.25, 0.3) is 5.78 Å². The first-order chi connectivity index (χ1) is 10.3. The molecule has 9 heteroatoms. The molecule has 0 saturated heterocycles. The van der Waals surface area contributed by atoms with Crippen molar-refractivity contribution in [1.29, 1.82) is 0 Å². The van der Waals surface area contributed by atoms with Gasteiger partial charge in [-0.05, 0) is 21.5 Å². The predicted octanol–water partition coefficient (Wildman–Crippen LogP) is 2.82. The fourth-order valence-corrected chi connectivity index (χ4v) is 2.44. The molecule has 1 unspecified atom stereocenters. The molecule has 0 N–H and O–H groups in total. The number of alkyl halides is 3. The Balaban J connectivity index is 2.15. The largest absolute Gasteiger partial charge is 0.454 e. The Hall–Kier alpha value is -2.21. The monoisotopic (exact) mass is 326 g/mol. The van der Waals surface area contributed by atoms with Gasteiger partial charge in [0, 0.05) is 30.4 Å². The summed E-state index contributed by atoms with van der Waals surface area (Å²) >= 11 is 0. The molecule has 3 rings (SSSR count). The number of Topliss-reactive ketones (excluding diaryl/α,β-unsaturated/α-hetero) is 1. The zero-order valence-corrected chi connectivity index (χ0v) is 12.4. The van der Waals surface area contributed by atoms with E-state index >= 15 is 0 Å². The van der Waals surface area contributed by atoms with Crippen molar-refractivity contribution >= 4 is 26.2 Å². The highest BCUT2D eigenvalue weighted by atomic mass is 31.0. The van der Waals surface area contributed by atoms with Gasteiger partial charge in [-0.15, -0.1) is 0 Å². The van der Waals surface area contributed by atoms with E-state index in [1.165, 1.54) is 15.1 Å². The zero-order chi connectivity index (χ0) is 16.1. The lowest BCUT2D eigenvalue weighted by Crippen LogP contribution is -2.22. The lowest BCUT2D eigenvalue weighted by molar-refractivity contribution is -0.0884. The minimum Gasteiger partial charge on any atom is -0.335 e. The number of carbonyl (C=O) groups excluding carboxylic acids is 1. The van der Waals surface area contributed by atoms with E-state index in [0.717, 1.165) is 11.8 Å². The molecule has 0 aliphatic carbocycles. The number of nitrogens with zero attached hydrogens (tertiary/aromatic N) is 4. The van der Waals surface area contributed by atoms with Crippen LogP contribution in [0.1, 0.15) is 10.4 Å². The molecule has 0 amide bonds. The first kappa shape index (κ1) is 14.7. The summed E-state index contributed by atoms with van der Waals surface area (Å²) in [6.45, 7) is 0. The Kier molecular flexibility index (Phi) is 3.29. The predicted molar refractivity (Wildman–Crippen MR) is 77.4 cm³/mol. The molecule has 5 nitrogen and oxygen atoms in total. The smallest absolute Gasteiger partial charge is 0.335 e. The summed E-state index contributed by atoms with van der Waals surface area (Å²) in [5, 5.41) is 4.16. The van der Waals surface area contributed by atoms with Gasteiger partial charge in [-0.25, -0.2) is 4.98 Å². The van der Waals surface area contributed by atoms with Gasteiger partial charge in [0.05, 0.1) is 17.5 Å². The second kappa shape index (κ2) is 4.91. The summed E-state index contributed by atoms with van der Waals surface area (Å²) in [6, 6.07) is 3.04. The van der Waals surface area contributed by atoms with Crippen LogP contribution in [-0.4, -0.2) is 31.1 Å². The van der Waals surface area contributed by atoms with Crippen molar-refractivity contribution in [2.75, 3.05) is 0 Å². The number of fused-ring (bicyclic) bond motifs is 1. The molecule has 0 spiro atoms. The average Bonchev–Trinajstić information content (AvgIpc) is 3.01. The van der Waals surface area contributed by atoms with E-state index in [-0.39, 0.29) is 5.39 Å². The number of hydrogen-bond acceptors (Lipinski definition) is 3. The molecule has 3 aromatic heterocycles. The molecule has 3 heterocycles. The summed E-state index contributed by atoms with van der Waals surface area (Å²) in [7, 11) is 3.92. The van der Waals surface area contributed by atoms with Gasteiger partial charge in [-0.2, -0.15) is 18.3 Å². The quantitative estimate of drug-likeness (QED) is 0.537. The van der Waals surface area contributed by atoms with E-state index in [9.17, 15) is 18.0 Å². The molecule has 114 valence electrons. The molecular formula is C13H10F3N4OP. The second-order valence-corrected chi connectivity index (χ2v) is 5.29. The Labute approximate surface area is 125 Å². The molecule has 0 aliphatic rings. The Morgan fingerprint density at radius 1 is 1.27 bits per heavy atom. The van der Waals surface area contributed by atoms with Crippen LogP contribution in [0.25, 0.3) is 22.3 Å². The van der Waals surface area contributed by atoms with Crippen molar-refractivity contribution in [2.24, 2.45) is 7.05 Å². The summed E-state index contributed by atoms with van der Waals surface area (Å²) in [5.41, 5.74) is 1.20. The molecule has 0 aliphatic heterocycles.